The lowest BCUT2D eigenvalue weighted by atomic mass is 10.2. The zero-order chi connectivity index (χ0) is 18.6. The number of benzene rings is 1. The molecule has 6 nitrogen and oxygen atoms in total. The molecule has 0 spiro atoms. The van der Waals surface area contributed by atoms with E-state index in [9.17, 15) is 0 Å². The molecule has 27 heavy (non-hydrogen) atoms. The van der Waals surface area contributed by atoms with E-state index in [1.807, 2.05) is 23.6 Å². The van der Waals surface area contributed by atoms with Crippen LogP contribution in [0.25, 0.3) is 16.4 Å². The highest BCUT2D eigenvalue weighted by Gasteiger charge is 2.22. The maximum Gasteiger partial charge on any atom is 0.196 e. The molecule has 1 fully saturated rings. The average Bonchev–Trinajstić information content (AvgIpc) is 3.36. The molecule has 1 aromatic carbocycles. The summed E-state index contributed by atoms with van der Waals surface area (Å²) in [6.07, 6.45) is 1.06. The van der Waals surface area contributed by atoms with Gasteiger partial charge in [-0.15, -0.1) is 21.5 Å². The van der Waals surface area contributed by atoms with Gasteiger partial charge in [0.1, 0.15) is 12.5 Å². The first-order valence-corrected chi connectivity index (χ1v) is 10.6. The van der Waals surface area contributed by atoms with Crippen LogP contribution in [0.5, 0.6) is 5.75 Å². The van der Waals surface area contributed by atoms with E-state index in [0.29, 0.717) is 6.79 Å². The lowest BCUT2D eigenvalue weighted by Gasteiger charge is -2.22. The van der Waals surface area contributed by atoms with Crippen LogP contribution in [0.1, 0.15) is 12.0 Å². The molecule has 8 heteroatoms. The highest BCUT2D eigenvalue weighted by atomic mass is 32.2. The van der Waals surface area contributed by atoms with E-state index < -0.39 is 0 Å². The second kappa shape index (κ2) is 8.43. The van der Waals surface area contributed by atoms with Crippen molar-refractivity contribution >= 4 is 23.1 Å². The Bertz CT molecular complexity index is 890. The fourth-order valence-corrected chi connectivity index (χ4v) is 4.63. The molecule has 1 saturated heterocycles. The molecule has 1 aliphatic rings. The standard InChI is InChI=1S/C19H21N3O3S2/c1-13-5-6-16(23-2)15(10-13)22-18(17-4-3-9-26-17)20-21-19(22)27-11-14-7-8-24-12-25-14/h3-6,9-10,14H,7-8,11-12H2,1-2H3/t14-/m1/s1. The van der Waals surface area contributed by atoms with Crippen molar-refractivity contribution in [2.75, 3.05) is 26.3 Å². The minimum absolute atomic E-state index is 0.165. The van der Waals surface area contributed by atoms with Crippen LogP contribution in [-0.4, -0.2) is 47.1 Å². The molecule has 4 rings (SSSR count). The Morgan fingerprint density at radius 2 is 2.26 bits per heavy atom. The van der Waals surface area contributed by atoms with Gasteiger partial charge in [0, 0.05) is 5.75 Å². The second-order valence-corrected chi connectivity index (χ2v) is 8.14. The van der Waals surface area contributed by atoms with Gasteiger partial charge in [0.25, 0.3) is 0 Å². The Morgan fingerprint density at radius 1 is 1.33 bits per heavy atom. The predicted octanol–water partition coefficient (Wildman–Crippen LogP) is 4.17. The number of nitrogens with zero attached hydrogens (tertiary/aromatic N) is 3. The van der Waals surface area contributed by atoms with E-state index in [-0.39, 0.29) is 6.10 Å². The third kappa shape index (κ3) is 4.03. The molecule has 1 atom stereocenters. The van der Waals surface area contributed by atoms with Crippen molar-refractivity contribution in [2.24, 2.45) is 0 Å². The highest BCUT2D eigenvalue weighted by Crippen LogP contribution is 2.35. The topological polar surface area (TPSA) is 58.4 Å². The van der Waals surface area contributed by atoms with E-state index in [2.05, 4.69) is 33.8 Å². The van der Waals surface area contributed by atoms with Crippen molar-refractivity contribution in [2.45, 2.75) is 24.6 Å². The number of aromatic nitrogens is 3. The van der Waals surface area contributed by atoms with Gasteiger partial charge < -0.3 is 14.2 Å². The summed E-state index contributed by atoms with van der Waals surface area (Å²) < 4.78 is 18.6. The molecule has 0 saturated carbocycles. The van der Waals surface area contributed by atoms with Crippen LogP contribution in [0.4, 0.5) is 0 Å². The molecule has 142 valence electrons. The normalized spacial score (nSPS) is 17.2. The largest absolute Gasteiger partial charge is 0.495 e. The molecule has 2 aromatic heterocycles. The van der Waals surface area contributed by atoms with Crippen LogP contribution in [0.3, 0.4) is 0 Å². The van der Waals surface area contributed by atoms with Crippen molar-refractivity contribution in [3.8, 4) is 22.1 Å². The monoisotopic (exact) mass is 403 g/mol. The fourth-order valence-electron chi connectivity index (χ4n) is 2.92. The van der Waals surface area contributed by atoms with Crippen LogP contribution in [0.2, 0.25) is 0 Å². The number of hydrogen-bond acceptors (Lipinski definition) is 7. The summed E-state index contributed by atoms with van der Waals surface area (Å²) in [4.78, 5) is 1.07. The number of methoxy groups -OCH3 is 1. The third-order valence-electron chi connectivity index (χ3n) is 4.32. The zero-order valence-corrected chi connectivity index (χ0v) is 16.9. The molecule has 1 aliphatic heterocycles. The minimum Gasteiger partial charge on any atom is -0.495 e. The number of thiophene rings is 1. The fraction of sp³-hybridized carbons (Fsp3) is 0.368. The first-order chi connectivity index (χ1) is 13.3. The van der Waals surface area contributed by atoms with Crippen molar-refractivity contribution in [3.63, 3.8) is 0 Å². The van der Waals surface area contributed by atoms with Gasteiger partial charge in [-0.1, -0.05) is 23.9 Å². The summed E-state index contributed by atoms with van der Waals surface area (Å²) in [5.74, 6) is 2.42. The summed E-state index contributed by atoms with van der Waals surface area (Å²) in [5.41, 5.74) is 2.10. The van der Waals surface area contributed by atoms with Gasteiger partial charge in [0.2, 0.25) is 0 Å². The second-order valence-electron chi connectivity index (χ2n) is 6.21. The van der Waals surface area contributed by atoms with E-state index >= 15 is 0 Å². The lowest BCUT2D eigenvalue weighted by molar-refractivity contribution is -0.130. The maximum absolute atomic E-state index is 5.67. The van der Waals surface area contributed by atoms with Crippen LogP contribution in [0.15, 0.2) is 40.9 Å². The van der Waals surface area contributed by atoms with Crippen LogP contribution in [0, 0.1) is 6.92 Å². The number of aryl methyl sites for hydroxylation is 1. The van der Waals surface area contributed by atoms with Gasteiger partial charge in [0.15, 0.2) is 11.0 Å². The minimum atomic E-state index is 0.165. The molecule has 0 unspecified atom stereocenters. The quantitative estimate of drug-likeness (QED) is 0.576. The van der Waals surface area contributed by atoms with E-state index in [1.165, 1.54) is 0 Å². The number of hydrogen-bond donors (Lipinski definition) is 0. The Labute approximate surface area is 166 Å². The van der Waals surface area contributed by atoms with E-state index in [1.54, 1.807) is 30.2 Å². The first-order valence-electron chi connectivity index (χ1n) is 8.72. The molecule has 0 bridgehead atoms. The van der Waals surface area contributed by atoms with Gasteiger partial charge in [-0.3, -0.25) is 4.57 Å². The maximum atomic E-state index is 5.67. The summed E-state index contributed by atoms with van der Waals surface area (Å²) in [7, 11) is 1.69. The van der Waals surface area contributed by atoms with E-state index in [0.717, 1.165) is 51.6 Å². The zero-order valence-electron chi connectivity index (χ0n) is 15.3. The number of rotatable bonds is 6. The molecular formula is C19H21N3O3S2. The Kier molecular flexibility index (Phi) is 5.77. The first kappa shape index (κ1) is 18.5. The van der Waals surface area contributed by atoms with Crippen molar-refractivity contribution in [1.29, 1.82) is 0 Å². The molecule has 3 aromatic rings. The highest BCUT2D eigenvalue weighted by molar-refractivity contribution is 7.99. The number of ether oxygens (including phenoxy) is 3. The van der Waals surface area contributed by atoms with Crippen LogP contribution >= 0.6 is 23.1 Å². The van der Waals surface area contributed by atoms with Gasteiger partial charge in [-0.05, 0) is 42.5 Å². The van der Waals surface area contributed by atoms with Gasteiger partial charge >= 0.3 is 0 Å². The Balaban J connectivity index is 1.73. The van der Waals surface area contributed by atoms with Gasteiger partial charge in [-0.2, -0.15) is 0 Å². The molecule has 0 aliphatic carbocycles. The molecule has 0 N–H and O–H groups in total. The van der Waals surface area contributed by atoms with Crippen molar-refractivity contribution in [3.05, 3.63) is 41.3 Å². The van der Waals surface area contributed by atoms with Gasteiger partial charge in [0.05, 0.1) is 30.4 Å². The lowest BCUT2D eigenvalue weighted by Crippen LogP contribution is -2.25. The smallest absolute Gasteiger partial charge is 0.196 e. The molecule has 3 heterocycles. The van der Waals surface area contributed by atoms with Crippen LogP contribution < -0.4 is 4.74 Å². The summed E-state index contributed by atoms with van der Waals surface area (Å²) >= 11 is 3.30. The molecular weight excluding hydrogens is 382 g/mol. The molecule has 0 radical (unpaired) electrons. The van der Waals surface area contributed by atoms with Gasteiger partial charge in [-0.25, -0.2) is 0 Å². The summed E-state index contributed by atoms with van der Waals surface area (Å²) in [6.45, 7) is 3.18. The summed E-state index contributed by atoms with van der Waals surface area (Å²) in [6, 6.07) is 10.2. The predicted molar refractivity (Wildman–Crippen MR) is 107 cm³/mol. The molecule has 0 amide bonds. The Hall–Kier alpha value is -1.87. The third-order valence-corrected chi connectivity index (χ3v) is 6.25. The van der Waals surface area contributed by atoms with Crippen molar-refractivity contribution in [1.82, 2.24) is 14.8 Å². The SMILES string of the molecule is COc1ccc(C)cc1-n1c(SC[C@H]2CCOCO2)nnc1-c1cccs1. The Morgan fingerprint density at radius 3 is 3.00 bits per heavy atom. The van der Waals surface area contributed by atoms with Crippen LogP contribution in [-0.2, 0) is 9.47 Å². The average molecular weight is 404 g/mol. The van der Waals surface area contributed by atoms with Crippen molar-refractivity contribution < 1.29 is 14.2 Å². The summed E-state index contributed by atoms with van der Waals surface area (Å²) in [5, 5.41) is 11.8. The number of thioether (sulfide) groups is 1. The van der Waals surface area contributed by atoms with E-state index in [4.69, 9.17) is 14.2 Å².